The molecule has 0 bridgehead atoms. The molecule has 6 nitrogen and oxygen atoms in total. The minimum atomic E-state index is -4.89. The van der Waals surface area contributed by atoms with Gasteiger partial charge in [-0.2, -0.15) is 13.2 Å². The van der Waals surface area contributed by atoms with Crippen molar-refractivity contribution in [3.8, 4) is 0 Å². The van der Waals surface area contributed by atoms with E-state index in [4.69, 9.17) is 0 Å². The average molecular weight is 369 g/mol. The van der Waals surface area contributed by atoms with Gasteiger partial charge in [-0.05, 0) is 43.5 Å². The highest BCUT2D eigenvalue weighted by Crippen LogP contribution is 2.34. The number of alkyl halides is 3. The summed E-state index contributed by atoms with van der Waals surface area (Å²) in [4.78, 5) is 36.0. The number of nitrogens with zero attached hydrogens (tertiary/aromatic N) is 1. The maximum absolute atomic E-state index is 12.4. The summed E-state index contributed by atoms with van der Waals surface area (Å²) in [5.41, 5.74) is 2.03. The Bertz CT molecular complexity index is 755. The SMILES string of the molecule is CC1C(=O)Nc2ccc(NC(=O)C3CCN(C(=O)C(F)(F)F)CC3)cc21. The molecule has 2 aliphatic heterocycles. The second kappa shape index (κ2) is 6.62. The summed E-state index contributed by atoms with van der Waals surface area (Å²) in [6.07, 6.45) is -4.54. The van der Waals surface area contributed by atoms with Crippen molar-refractivity contribution < 1.29 is 27.6 Å². The maximum atomic E-state index is 12.4. The van der Waals surface area contributed by atoms with Gasteiger partial charge in [-0.3, -0.25) is 14.4 Å². The van der Waals surface area contributed by atoms with Crippen LogP contribution in [0.15, 0.2) is 18.2 Å². The van der Waals surface area contributed by atoms with Crippen molar-refractivity contribution in [1.82, 2.24) is 4.90 Å². The van der Waals surface area contributed by atoms with Crippen LogP contribution < -0.4 is 10.6 Å². The lowest BCUT2D eigenvalue weighted by Crippen LogP contribution is -2.46. The first-order valence-corrected chi connectivity index (χ1v) is 8.28. The Kier molecular flexibility index (Phi) is 4.64. The van der Waals surface area contributed by atoms with Gasteiger partial charge in [0.2, 0.25) is 11.8 Å². The third-order valence-corrected chi connectivity index (χ3v) is 4.83. The molecule has 26 heavy (non-hydrogen) atoms. The second-order valence-electron chi connectivity index (χ2n) is 6.57. The standard InChI is InChI=1S/C17H18F3N3O3/c1-9-12-8-11(2-3-13(12)22-14(9)24)21-15(25)10-4-6-23(7-5-10)16(26)17(18,19)20/h2-3,8-10H,4-7H2,1H3,(H,21,25)(H,22,24). The Balaban J connectivity index is 1.59. The predicted octanol–water partition coefficient (Wildman–Crippen LogP) is 2.48. The molecule has 1 fully saturated rings. The molecule has 0 spiro atoms. The van der Waals surface area contributed by atoms with E-state index >= 15 is 0 Å². The summed E-state index contributed by atoms with van der Waals surface area (Å²) < 4.78 is 37.3. The fourth-order valence-electron chi connectivity index (χ4n) is 3.26. The summed E-state index contributed by atoms with van der Waals surface area (Å²) in [5, 5.41) is 5.48. The lowest BCUT2D eigenvalue weighted by Gasteiger charge is -2.31. The van der Waals surface area contributed by atoms with Gasteiger partial charge in [0.25, 0.3) is 0 Å². The van der Waals surface area contributed by atoms with Crippen molar-refractivity contribution in [2.45, 2.75) is 31.9 Å². The third kappa shape index (κ3) is 3.51. The Morgan fingerprint density at radius 3 is 2.50 bits per heavy atom. The van der Waals surface area contributed by atoms with Crippen LogP contribution in [0.3, 0.4) is 0 Å². The van der Waals surface area contributed by atoms with Gasteiger partial charge in [-0.25, -0.2) is 0 Å². The fraction of sp³-hybridized carbons (Fsp3) is 0.471. The summed E-state index contributed by atoms with van der Waals surface area (Å²) in [5.74, 6) is -3.03. The van der Waals surface area contributed by atoms with Crippen LogP contribution in [-0.2, 0) is 14.4 Å². The van der Waals surface area contributed by atoms with Crippen LogP contribution in [-0.4, -0.2) is 41.9 Å². The van der Waals surface area contributed by atoms with Crippen LogP contribution in [0.2, 0.25) is 0 Å². The van der Waals surface area contributed by atoms with Crippen LogP contribution in [0.5, 0.6) is 0 Å². The molecule has 2 aliphatic rings. The van der Waals surface area contributed by atoms with Crippen LogP contribution in [0.1, 0.15) is 31.2 Å². The number of rotatable bonds is 2. The molecule has 0 saturated carbocycles. The second-order valence-corrected chi connectivity index (χ2v) is 6.57. The highest BCUT2D eigenvalue weighted by molar-refractivity contribution is 6.03. The number of piperidine rings is 1. The third-order valence-electron chi connectivity index (χ3n) is 4.83. The molecule has 2 heterocycles. The Morgan fingerprint density at radius 1 is 1.23 bits per heavy atom. The Labute approximate surface area is 147 Å². The number of carbonyl (C=O) groups is 3. The number of hydrogen-bond acceptors (Lipinski definition) is 3. The lowest BCUT2D eigenvalue weighted by atomic mass is 9.95. The molecule has 9 heteroatoms. The summed E-state index contributed by atoms with van der Waals surface area (Å²) >= 11 is 0. The average Bonchev–Trinajstić information content (AvgIpc) is 2.88. The van der Waals surface area contributed by atoms with Crippen molar-refractivity contribution in [1.29, 1.82) is 0 Å². The quantitative estimate of drug-likeness (QED) is 0.841. The normalized spacial score (nSPS) is 20.5. The van der Waals surface area contributed by atoms with Crippen LogP contribution in [0, 0.1) is 5.92 Å². The number of halogens is 3. The highest BCUT2D eigenvalue weighted by Gasteiger charge is 2.43. The smallest absolute Gasteiger partial charge is 0.335 e. The number of likely N-dealkylation sites (tertiary alicyclic amines) is 1. The van der Waals surface area contributed by atoms with E-state index in [1.54, 1.807) is 25.1 Å². The first-order chi connectivity index (χ1) is 12.2. The van der Waals surface area contributed by atoms with Crippen molar-refractivity contribution in [2.75, 3.05) is 23.7 Å². The van der Waals surface area contributed by atoms with Crippen molar-refractivity contribution in [3.63, 3.8) is 0 Å². The molecule has 0 aromatic heterocycles. The van der Waals surface area contributed by atoms with E-state index < -0.39 is 18.0 Å². The molecule has 1 saturated heterocycles. The zero-order chi connectivity index (χ0) is 19.1. The molecular formula is C17H18F3N3O3. The number of benzene rings is 1. The number of amides is 3. The van der Waals surface area contributed by atoms with Crippen molar-refractivity contribution >= 4 is 29.1 Å². The monoisotopic (exact) mass is 369 g/mol. The first-order valence-electron chi connectivity index (χ1n) is 8.28. The molecule has 1 aromatic carbocycles. The van der Waals surface area contributed by atoms with Crippen LogP contribution in [0.4, 0.5) is 24.5 Å². The van der Waals surface area contributed by atoms with Gasteiger partial charge >= 0.3 is 12.1 Å². The number of fused-ring (bicyclic) bond motifs is 1. The summed E-state index contributed by atoms with van der Waals surface area (Å²) in [7, 11) is 0. The van der Waals surface area contributed by atoms with E-state index in [2.05, 4.69) is 10.6 Å². The van der Waals surface area contributed by atoms with Gasteiger partial charge in [-0.1, -0.05) is 0 Å². The minimum absolute atomic E-state index is 0.101. The molecular weight excluding hydrogens is 351 g/mol. The molecule has 2 N–H and O–H groups in total. The van der Waals surface area contributed by atoms with Gasteiger partial charge in [0.05, 0.1) is 5.92 Å². The van der Waals surface area contributed by atoms with Gasteiger partial charge in [-0.15, -0.1) is 0 Å². The van der Waals surface area contributed by atoms with E-state index in [0.29, 0.717) is 11.4 Å². The topological polar surface area (TPSA) is 78.5 Å². The highest BCUT2D eigenvalue weighted by atomic mass is 19.4. The molecule has 3 amide bonds. The fourth-order valence-corrected chi connectivity index (χ4v) is 3.26. The molecule has 1 unspecified atom stereocenters. The zero-order valence-corrected chi connectivity index (χ0v) is 14.0. The van der Waals surface area contributed by atoms with E-state index in [1.807, 2.05) is 0 Å². The largest absolute Gasteiger partial charge is 0.471 e. The first kappa shape index (κ1) is 18.2. The molecule has 0 aliphatic carbocycles. The van der Waals surface area contributed by atoms with Gasteiger partial charge < -0.3 is 15.5 Å². The maximum Gasteiger partial charge on any atom is 0.471 e. The molecule has 0 radical (unpaired) electrons. The van der Waals surface area contributed by atoms with E-state index in [0.717, 1.165) is 10.5 Å². The van der Waals surface area contributed by atoms with Crippen molar-refractivity contribution in [2.24, 2.45) is 5.92 Å². The lowest BCUT2D eigenvalue weighted by molar-refractivity contribution is -0.186. The molecule has 1 atom stereocenters. The van der Waals surface area contributed by atoms with E-state index in [1.165, 1.54) is 0 Å². The zero-order valence-electron chi connectivity index (χ0n) is 14.0. The summed E-state index contributed by atoms with van der Waals surface area (Å²) in [6.45, 7) is 1.56. The van der Waals surface area contributed by atoms with E-state index in [9.17, 15) is 27.6 Å². The molecule has 3 rings (SSSR count). The number of nitrogens with one attached hydrogen (secondary N) is 2. The Hall–Kier alpha value is -2.58. The van der Waals surface area contributed by atoms with Gasteiger partial charge in [0, 0.05) is 30.4 Å². The van der Waals surface area contributed by atoms with Gasteiger partial charge in [0.15, 0.2) is 0 Å². The van der Waals surface area contributed by atoms with Crippen molar-refractivity contribution in [3.05, 3.63) is 23.8 Å². The molecule has 140 valence electrons. The number of hydrogen-bond donors (Lipinski definition) is 2. The summed E-state index contributed by atoms with van der Waals surface area (Å²) in [6, 6.07) is 5.09. The predicted molar refractivity (Wildman–Crippen MR) is 87.5 cm³/mol. The van der Waals surface area contributed by atoms with Crippen LogP contribution >= 0.6 is 0 Å². The van der Waals surface area contributed by atoms with E-state index in [-0.39, 0.29) is 43.7 Å². The Morgan fingerprint density at radius 2 is 1.88 bits per heavy atom. The minimum Gasteiger partial charge on any atom is -0.335 e. The number of anilines is 2. The molecule has 1 aromatic rings. The van der Waals surface area contributed by atoms with Crippen LogP contribution in [0.25, 0.3) is 0 Å². The van der Waals surface area contributed by atoms with Gasteiger partial charge in [0.1, 0.15) is 0 Å². The number of carbonyl (C=O) groups excluding carboxylic acids is 3.